The third-order valence-electron chi connectivity index (χ3n) is 3.35. The van der Waals surface area contributed by atoms with E-state index in [1.54, 1.807) is 24.4 Å². The van der Waals surface area contributed by atoms with E-state index in [1.165, 1.54) is 0 Å². The van der Waals surface area contributed by atoms with Crippen molar-refractivity contribution < 1.29 is 13.9 Å². The van der Waals surface area contributed by atoms with E-state index < -0.39 is 5.91 Å². The van der Waals surface area contributed by atoms with E-state index in [0.29, 0.717) is 11.3 Å². The van der Waals surface area contributed by atoms with Gasteiger partial charge in [-0.25, -0.2) is 5.43 Å². The van der Waals surface area contributed by atoms with Crippen LogP contribution in [0.15, 0.2) is 56.5 Å². The molecule has 1 amide bonds. The second-order valence-corrected chi connectivity index (χ2v) is 7.25. The molecule has 0 unspecified atom stereocenters. The van der Waals surface area contributed by atoms with Crippen molar-refractivity contribution in [3.8, 4) is 18.1 Å². The van der Waals surface area contributed by atoms with Crippen molar-refractivity contribution in [2.24, 2.45) is 5.10 Å². The fourth-order valence-electron chi connectivity index (χ4n) is 2.18. The number of terminal acetylenes is 1. The first-order valence-electron chi connectivity index (χ1n) is 7.45. The number of carbonyl (C=O) groups excluding carboxylic acids is 1. The molecule has 0 saturated heterocycles. The van der Waals surface area contributed by atoms with Gasteiger partial charge in [0.15, 0.2) is 5.76 Å². The van der Waals surface area contributed by atoms with Crippen molar-refractivity contribution in [1.82, 2.24) is 5.43 Å². The number of nitrogens with one attached hydrogen (secondary N) is 1. The van der Waals surface area contributed by atoms with Crippen LogP contribution >= 0.6 is 38.5 Å². The molecular formula is C19H12BrIN2O3. The Kier molecular flexibility index (Phi) is 5.96. The molecular weight excluding hydrogens is 511 g/mol. The first-order valence-corrected chi connectivity index (χ1v) is 9.32. The zero-order valence-corrected chi connectivity index (χ0v) is 17.1. The highest BCUT2D eigenvalue weighted by Crippen LogP contribution is 2.23. The summed E-state index contributed by atoms with van der Waals surface area (Å²) in [7, 11) is 0. The fraction of sp³-hybridized carbons (Fsp3) is 0.0526. The van der Waals surface area contributed by atoms with Crippen LogP contribution in [0.5, 0.6) is 5.75 Å². The molecule has 1 aromatic heterocycles. The monoisotopic (exact) mass is 522 g/mol. The van der Waals surface area contributed by atoms with Gasteiger partial charge in [-0.15, -0.1) is 6.42 Å². The number of furan rings is 1. The molecule has 130 valence electrons. The Balaban J connectivity index is 1.66. The molecule has 1 N–H and O–H groups in total. The van der Waals surface area contributed by atoms with Gasteiger partial charge < -0.3 is 9.15 Å². The predicted octanol–water partition coefficient (Wildman–Crippen LogP) is 4.58. The molecule has 0 fully saturated rings. The van der Waals surface area contributed by atoms with Gasteiger partial charge in [-0.1, -0.05) is 21.9 Å². The lowest BCUT2D eigenvalue weighted by molar-refractivity contribution is 0.0929. The van der Waals surface area contributed by atoms with E-state index in [9.17, 15) is 4.79 Å². The van der Waals surface area contributed by atoms with E-state index in [2.05, 4.69) is 55.0 Å². The third-order valence-corrected chi connectivity index (χ3v) is 4.69. The fourth-order valence-corrected chi connectivity index (χ4v) is 3.25. The number of hydrazone groups is 1. The number of fused-ring (bicyclic) bond motifs is 1. The summed E-state index contributed by atoms with van der Waals surface area (Å²) in [6.07, 6.45) is 6.73. The van der Waals surface area contributed by atoms with Gasteiger partial charge in [-0.05, 0) is 70.6 Å². The van der Waals surface area contributed by atoms with Crippen molar-refractivity contribution in [3.05, 3.63) is 61.8 Å². The van der Waals surface area contributed by atoms with Gasteiger partial charge in [0.1, 0.15) is 17.9 Å². The zero-order chi connectivity index (χ0) is 18.5. The highest BCUT2D eigenvalue weighted by molar-refractivity contribution is 14.1. The second kappa shape index (κ2) is 8.38. The Labute approximate surface area is 172 Å². The summed E-state index contributed by atoms with van der Waals surface area (Å²) in [6.45, 7) is 0.216. The highest BCUT2D eigenvalue weighted by Gasteiger charge is 2.11. The number of halogens is 2. The lowest BCUT2D eigenvalue weighted by Crippen LogP contribution is -2.16. The summed E-state index contributed by atoms with van der Waals surface area (Å²) in [5.41, 5.74) is 3.91. The number of rotatable bonds is 5. The van der Waals surface area contributed by atoms with Gasteiger partial charge in [0.25, 0.3) is 0 Å². The maximum Gasteiger partial charge on any atom is 0.307 e. The largest absolute Gasteiger partial charge is 0.480 e. The second-order valence-electron chi connectivity index (χ2n) is 5.17. The molecule has 1 heterocycles. The predicted molar refractivity (Wildman–Crippen MR) is 112 cm³/mol. The van der Waals surface area contributed by atoms with Crippen molar-refractivity contribution in [2.75, 3.05) is 6.61 Å². The van der Waals surface area contributed by atoms with Crippen LogP contribution in [0.3, 0.4) is 0 Å². The molecule has 0 atom stereocenters. The van der Waals surface area contributed by atoms with Gasteiger partial charge in [0, 0.05) is 9.86 Å². The molecule has 7 heteroatoms. The number of amides is 1. The average molecular weight is 523 g/mol. The van der Waals surface area contributed by atoms with Crippen molar-refractivity contribution in [3.63, 3.8) is 0 Å². The summed E-state index contributed by atoms with van der Waals surface area (Å²) in [6, 6.07) is 12.7. The lowest BCUT2D eigenvalue weighted by atomic mass is 10.2. The normalized spacial score (nSPS) is 10.8. The first kappa shape index (κ1) is 18.5. The van der Waals surface area contributed by atoms with E-state index in [4.69, 9.17) is 15.6 Å². The minimum Gasteiger partial charge on any atom is -0.480 e. The maximum atomic E-state index is 12.2. The number of benzene rings is 2. The van der Waals surface area contributed by atoms with Gasteiger partial charge >= 0.3 is 5.91 Å². The van der Waals surface area contributed by atoms with Gasteiger partial charge in [0.2, 0.25) is 0 Å². The molecule has 0 bridgehead atoms. The summed E-state index contributed by atoms with van der Waals surface area (Å²) in [5, 5.41) is 4.81. The summed E-state index contributed by atoms with van der Waals surface area (Å²) < 4.78 is 12.7. The Bertz CT molecular complexity index is 1040. The molecule has 2 aromatic carbocycles. The smallest absolute Gasteiger partial charge is 0.307 e. The molecule has 3 aromatic rings. The van der Waals surface area contributed by atoms with E-state index in [1.807, 2.05) is 24.3 Å². The van der Waals surface area contributed by atoms with Crippen LogP contribution in [0, 0.1) is 15.9 Å². The summed E-state index contributed by atoms with van der Waals surface area (Å²) in [4.78, 5) is 12.2. The maximum absolute atomic E-state index is 12.2. The number of hydrogen-bond acceptors (Lipinski definition) is 4. The Morgan fingerprint density at radius 3 is 2.96 bits per heavy atom. The standard InChI is InChI=1S/C19H12BrIN2O3/c1-2-7-25-17-5-3-12(8-15(17)21)11-22-23-19(24)18-10-13-9-14(20)4-6-16(13)26-18/h1,3-6,8-11H,7H2,(H,23,24)/b22-11+. The number of carbonyl (C=O) groups is 1. The Morgan fingerprint density at radius 1 is 1.35 bits per heavy atom. The van der Waals surface area contributed by atoms with Crippen LogP contribution in [0.25, 0.3) is 11.0 Å². The van der Waals surface area contributed by atoms with E-state index in [0.717, 1.165) is 19.0 Å². The van der Waals surface area contributed by atoms with E-state index >= 15 is 0 Å². The van der Waals surface area contributed by atoms with Crippen molar-refractivity contribution in [2.45, 2.75) is 0 Å². The zero-order valence-electron chi connectivity index (χ0n) is 13.3. The average Bonchev–Trinajstić information content (AvgIpc) is 3.04. The van der Waals surface area contributed by atoms with E-state index in [-0.39, 0.29) is 12.4 Å². The lowest BCUT2D eigenvalue weighted by Gasteiger charge is -2.05. The van der Waals surface area contributed by atoms with Crippen molar-refractivity contribution in [1.29, 1.82) is 0 Å². The molecule has 5 nitrogen and oxygen atoms in total. The van der Waals surface area contributed by atoms with Crippen LogP contribution in [0.2, 0.25) is 0 Å². The minimum atomic E-state index is -0.419. The van der Waals surface area contributed by atoms with Crippen LogP contribution in [-0.2, 0) is 0 Å². The minimum absolute atomic E-state index is 0.197. The summed E-state index contributed by atoms with van der Waals surface area (Å²) >= 11 is 5.54. The topological polar surface area (TPSA) is 63.8 Å². The molecule has 0 spiro atoms. The van der Waals surface area contributed by atoms with Crippen molar-refractivity contribution >= 4 is 61.6 Å². The number of hydrogen-bond donors (Lipinski definition) is 1. The van der Waals surface area contributed by atoms with Gasteiger partial charge in [-0.2, -0.15) is 5.10 Å². The molecule has 0 radical (unpaired) electrons. The molecule has 3 rings (SSSR count). The third kappa shape index (κ3) is 4.45. The highest BCUT2D eigenvalue weighted by atomic mass is 127. The van der Waals surface area contributed by atoms with Gasteiger partial charge in [-0.3, -0.25) is 4.79 Å². The Morgan fingerprint density at radius 2 is 2.19 bits per heavy atom. The molecule has 26 heavy (non-hydrogen) atoms. The molecule has 0 aliphatic rings. The molecule has 0 aliphatic heterocycles. The van der Waals surface area contributed by atoms with Crippen LogP contribution in [-0.4, -0.2) is 18.7 Å². The molecule has 0 aliphatic carbocycles. The van der Waals surface area contributed by atoms with Crippen LogP contribution in [0.1, 0.15) is 16.1 Å². The molecule has 0 saturated carbocycles. The first-order chi connectivity index (χ1) is 12.6. The van der Waals surface area contributed by atoms with Crippen LogP contribution in [0.4, 0.5) is 0 Å². The number of ether oxygens (including phenoxy) is 1. The quantitative estimate of drug-likeness (QED) is 0.231. The SMILES string of the molecule is C#CCOc1ccc(/C=N/NC(=O)c2cc3cc(Br)ccc3o2)cc1I. The van der Waals surface area contributed by atoms with Gasteiger partial charge in [0.05, 0.1) is 9.78 Å². The number of nitrogens with zero attached hydrogens (tertiary/aromatic N) is 1. The summed E-state index contributed by atoms with van der Waals surface area (Å²) in [5.74, 6) is 2.91. The Hall–Kier alpha value is -2.31. The van der Waals surface area contributed by atoms with Crippen LogP contribution < -0.4 is 10.2 Å².